The number of pyridine rings is 1. The third-order valence-electron chi connectivity index (χ3n) is 2.55. The topological polar surface area (TPSA) is 80.4 Å². The van der Waals surface area contributed by atoms with Crippen molar-refractivity contribution in [3.63, 3.8) is 0 Å². The first kappa shape index (κ1) is 13.7. The minimum absolute atomic E-state index is 0.0736. The van der Waals surface area contributed by atoms with Crippen LogP contribution in [0.4, 0.5) is 0 Å². The van der Waals surface area contributed by atoms with Gasteiger partial charge in [0.1, 0.15) is 17.7 Å². The first-order chi connectivity index (χ1) is 9.08. The largest absolute Gasteiger partial charge is 0.315 e. The number of thiol groups is 1. The van der Waals surface area contributed by atoms with Crippen LogP contribution in [0.5, 0.6) is 0 Å². The van der Waals surface area contributed by atoms with Gasteiger partial charge in [0.2, 0.25) is 0 Å². The lowest BCUT2D eigenvalue weighted by atomic mass is 9.97. The number of hydrogen-bond acceptors (Lipinski definition) is 4. The van der Waals surface area contributed by atoms with Crippen LogP contribution in [0.2, 0.25) is 0 Å². The van der Waals surface area contributed by atoms with Crippen molar-refractivity contribution in [3.8, 4) is 23.3 Å². The van der Waals surface area contributed by atoms with Gasteiger partial charge in [0.15, 0.2) is 0 Å². The van der Waals surface area contributed by atoms with Gasteiger partial charge in [0, 0.05) is 9.13 Å². The number of nitriles is 2. The summed E-state index contributed by atoms with van der Waals surface area (Å²) >= 11 is 6.24. The standard InChI is InChI=1S/C13H6IN3OS/c14-8-3-1-7(2-4-8)11-9(5-15)12(18)17-13(19)10(11)6-16/h1-4H,(H2,17,18,19). The number of rotatable bonds is 1. The number of nitrogens with zero attached hydrogens (tertiary/aromatic N) is 2. The van der Waals surface area contributed by atoms with Gasteiger partial charge in [-0.3, -0.25) is 4.79 Å². The Morgan fingerprint density at radius 2 is 1.68 bits per heavy atom. The van der Waals surface area contributed by atoms with Crippen molar-refractivity contribution in [2.45, 2.75) is 5.03 Å². The van der Waals surface area contributed by atoms with E-state index in [1.807, 2.05) is 24.3 Å². The third kappa shape index (κ3) is 2.50. The normalized spacial score (nSPS) is 9.68. The zero-order valence-electron chi connectivity index (χ0n) is 9.44. The highest BCUT2D eigenvalue weighted by Gasteiger charge is 2.17. The fraction of sp³-hybridized carbons (Fsp3) is 0. The summed E-state index contributed by atoms with van der Waals surface area (Å²) in [6.07, 6.45) is 0. The van der Waals surface area contributed by atoms with Crippen molar-refractivity contribution in [3.05, 3.63) is 49.3 Å². The molecule has 0 fully saturated rings. The highest BCUT2D eigenvalue weighted by molar-refractivity contribution is 14.1. The van der Waals surface area contributed by atoms with Crippen LogP contribution in [0.15, 0.2) is 34.1 Å². The minimum Gasteiger partial charge on any atom is -0.315 e. The fourth-order valence-electron chi connectivity index (χ4n) is 1.71. The molecular formula is C13H6IN3OS. The lowest BCUT2D eigenvalue weighted by molar-refractivity contribution is 1.06. The Morgan fingerprint density at radius 3 is 2.21 bits per heavy atom. The molecule has 2 aromatic rings. The molecule has 1 heterocycles. The van der Waals surface area contributed by atoms with Crippen LogP contribution in [0.3, 0.4) is 0 Å². The van der Waals surface area contributed by atoms with E-state index >= 15 is 0 Å². The molecule has 0 aliphatic heterocycles. The summed E-state index contributed by atoms with van der Waals surface area (Å²) in [6, 6.07) is 11.1. The Hall–Kier alpha value is -1.77. The summed E-state index contributed by atoms with van der Waals surface area (Å²) in [4.78, 5) is 14.2. The van der Waals surface area contributed by atoms with Crippen molar-refractivity contribution in [2.75, 3.05) is 0 Å². The third-order valence-corrected chi connectivity index (χ3v) is 3.61. The minimum atomic E-state index is -0.542. The van der Waals surface area contributed by atoms with Crippen LogP contribution < -0.4 is 5.56 Å². The van der Waals surface area contributed by atoms with Crippen LogP contribution in [0.25, 0.3) is 11.1 Å². The van der Waals surface area contributed by atoms with Gasteiger partial charge >= 0.3 is 0 Å². The molecule has 1 aromatic carbocycles. The molecule has 19 heavy (non-hydrogen) atoms. The summed E-state index contributed by atoms with van der Waals surface area (Å²) in [7, 11) is 0. The smallest absolute Gasteiger partial charge is 0.267 e. The first-order valence-electron chi connectivity index (χ1n) is 5.14. The van der Waals surface area contributed by atoms with Gasteiger partial charge < -0.3 is 4.98 Å². The molecular weight excluding hydrogens is 373 g/mol. The lowest BCUT2D eigenvalue weighted by Gasteiger charge is -2.08. The number of benzene rings is 1. The van der Waals surface area contributed by atoms with E-state index in [9.17, 15) is 10.1 Å². The highest BCUT2D eigenvalue weighted by atomic mass is 127. The fourth-order valence-corrected chi connectivity index (χ4v) is 2.33. The number of halogens is 1. The van der Waals surface area contributed by atoms with Crippen LogP contribution >= 0.6 is 35.2 Å². The molecule has 0 unspecified atom stereocenters. The summed E-state index contributed by atoms with van der Waals surface area (Å²) in [5.41, 5.74) is 0.557. The van der Waals surface area contributed by atoms with Gasteiger partial charge in [-0.05, 0) is 40.3 Å². The van der Waals surface area contributed by atoms with Crippen LogP contribution in [0.1, 0.15) is 11.1 Å². The molecule has 0 atom stereocenters. The maximum atomic E-state index is 11.8. The van der Waals surface area contributed by atoms with E-state index in [0.717, 1.165) is 3.57 Å². The Kier molecular flexibility index (Phi) is 3.93. The summed E-state index contributed by atoms with van der Waals surface area (Å²) < 4.78 is 1.02. The highest BCUT2D eigenvalue weighted by Crippen LogP contribution is 2.28. The molecule has 92 valence electrons. The summed E-state index contributed by atoms with van der Waals surface area (Å²) in [5, 5.41) is 18.5. The molecule has 0 spiro atoms. The summed E-state index contributed by atoms with van der Waals surface area (Å²) in [6.45, 7) is 0. The van der Waals surface area contributed by atoms with E-state index in [1.54, 1.807) is 12.1 Å². The predicted molar refractivity (Wildman–Crippen MR) is 81.9 cm³/mol. The van der Waals surface area contributed by atoms with E-state index < -0.39 is 5.56 Å². The molecule has 1 N–H and O–H groups in total. The molecule has 0 aliphatic rings. The van der Waals surface area contributed by atoms with Crippen molar-refractivity contribution in [2.24, 2.45) is 0 Å². The van der Waals surface area contributed by atoms with Crippen molar-refractivity contribution in [1.82, 2.24) is 4.98 Å². The van der Waals surface area contributed by atoms with Gasteiger partial charge in [-0.2, -0.15) is 10.5 Å². The van der Waals surface area contributed by atoms with Crippen LogP contribution in [-0.2, 0) is 0 Å². The Bertz CT molecular complexity index is 782. The second kappa shape index (κ2) is 5.47. The Labute approximate surface area is 128 Å². The molecule has 0 radical (unpaired) electrons. The number of aromatic amines is 1. The zero-order valence-corrected chi connectivity index (χ0v) is 12.5. The van der Waals surface area contributed by atoms with E-state index in [2.05, 4.69) is 40.2 Å². The number of aromatic nitrogens is 1. The quantitative estimate of drug-likeness (QED) is 0.591. The molecule has 0 aliphatic carbocycles. The molecule has 0 bridgehead atoms. The molecule has 0 amide bonds. The predicted octanol–water partition coefficient (Wildman–Crippen LogP) is 2.68. The van der Waals surface area contributed by atoms with E-state index in [0.29, 0.717) is 11.1 Å². The van der Waals surface area contributed by atoms with Crippen LogP contribution in [0, 0.1) is 26.2 Å². The maximum absolute atomic E-state index is 11.8. The van der Waals surface area contributed by atoms with E-state index in [1.165, 1.54) is 0 Å². The molecule has 4 nitrogen and oxygen atoms in total. The number of H-pyrrole nitrogens is 1. The molecule has 0 saturated heterocycles. The van der Waals surface area contributed by atoms with Gasteiger partial charge in [0.05, 0.1) is 10.6 Å². The number of hydrogen-bond donors (Lipinski definition) is 2. The Balaban J connectivity index is 2.89. The lowest BCUT2D eigenvalue weighted by Crippen LogP contribution is -2.14. The second-order valence-corrected chi connectivity index (χ2v) is 5.35. The van der Waals surface area contributed by atoms with Crippen LogP contribution in [-0.4, -0.2) is 4.98 Å². The van der Waals surface area contributed by atoms with Crippen molar-refractivity contribution in [1.29, 1.82) is 10.5 Å². The number of nitrogens with one attached hydrogen (secondary N) is 1. The van der Waals surface area contributed by atoms with Gasteiger partial charge in [-0.25, -0.2) is 0 Å². The molecule has 0 saturated carbocycles. The SMILES string of the molecule is N#Cc1c(S)[nH]c(=O)c(C#N)c1-c1ccc(I)cc1. The average molecular weight is 379 g/mol. The maximum Gasteiger partial charge on any atom is 0.267 e. The van der Waals surface area contributed by atoms with Gasteiger partial charge in [0.25, 0.3) is 5.56 Å². The molecule has 1 aromatic heterocycles. The van der Waals surface area contributed by atoms with E-state index in [-0.39, 0.29) is 16.2 Å². The average Bonchev–Trinajstić information content (AvgIpc) is 2.39. The van der Waals surface area contributed by atoms with Crippen molar-refractivity contribution >= 4 is 35.2 Å². The van der Waals surface area contributed by atoms with Gasteiger partial charge in [-0.15, -0.1) is 12.6 Å². The van der Waals surface area contributed by atoms with Gasteiger partial charge in [-0.1, -0.05) is 12.1 Å². The first-order valence-corrected chi connectivity index (χ1v) is 6.66. The monoisotopic (exact) mass is 379 g/mol. The summed E-state index contributed by atoms with van der Waals surface area (Å²) in [5.74, 6) is 0. The second-order valence-electron chi connectivity index (χ2n) is 3.66. The molecule has 2 rings (SSSR count). The Morgan fingerprint density at radius 1 is 1.11 bits per heavy atom. The zero-order chi connectivity index (χ0) is 14.0. The molecule has 6 heteroatoms. The van der Waals surface area contributed by atoms with Crippen molar-refractivity contribution < 1.29 is 0 Å². The van der Waals surface area contributed by atoms with E-state index in [4.69, 9.17) is 5.26 Å².